The second kappa shape index (κ2) is 6.68. The molecule has 2 N–H and O–H groups in total. The van der Waals surface area contributed by atoms with Gasteiger partial charge in [-0.3, -0.25) is 0 Å². The lowest BCUT2D eigenvalue weighted by atomic mass is 10.1. The van der Waals surface area contributed by atoms with Crippen LogP contribution in [0.15, 0.2) is 34.8 Å². The fourth-order valence-corrected chi connectivity index (χ4v) is 2.26. The molecule has 0 fully saturated rings. The Kier molecular flexibility index (Phi) is 4.69. The fourth-order valence-electron chi connectivity index (χ4n) is 1.65. The minimum atomic E-state index is 0.223. The number of nitrogens with zero attached hydrogens (tertiary/aromatic N) is 3. The molecule has 0 saturated carbocycles. The highest BCUT2D eigenvalue weighted by Gasteiger charge is 2.03. The maximum absolute atomic E-state index is 8.95. The quantitative estimate of drug-likeness (QED) is 0.519. The van der Waals surface area contributed by atoms with Crippen molar-refractivity contribution in [2.45, 2.75) is 20.0 Å². The molecule has 0 saturated heterocycles. The van der Waals surface area contributed by atoms with Crippen LogP contribution in [0.3, 0.4) is 0 Å². The van der Waals surface area contributed by atoms with E-state index in [2.05, 4.69) is 16.2 Å². The first-order chi connectivity index (χ1) is 9.69. The molecular weight excluding hydrogens is 272 g/mol. The summed E-state index contributed by atoms with van der Waals surface area (Å²) in [6.07, 6.45) is 0.463. The lowest BCUT2D eigenvalue weighted by molar-refractivity contribution is 0.129. The van der Waals surface area contributed by atoms with Crippen molar-refractivity contribution in [3.63, 3.8) is 0 Å². The van der Waals surface area contributed by atoms with Gasteiger partial charge in [0, 0.05) is 10.9 Å². The third kappa shape index (κ3) is 3.80. The summed E-state index contributed by atoms with van der Waals surface area (Å²) < 4.78 is 0. The van der Waals surface area contributed by atoms with Gasteiger partial charge in [-0.1, -0.05) is 23.4 Å². The van der Waals surface area contributed by atoms with Crippen LogP contribution in [0.25, 0.3) is 0 Å². The molecule has 0 bridgehead atoms. The van der Waals surface area contributed by atoms with Crippen molar-refractivity contribution < 1.29 is 4.84 Å². The summed E-state index contributed by atoms with van der Waals surface area (Å²) in [5.74, 6) is 0.365. The smallest absolute Gasteiger partial charge is 0.145 e. The molecule has 1 aromatic carbocycles. The van der Waals surface area contributed by atoms with E-state index >= 15 is 0 Å². The fraction of sp³-hybridized carbons (Fsp3) is 0.214. The Morgan fingerprint density at radius 1 is 1.50 bits per heavy atom. The summed E-state index contributed by atoms with van der Waals surface area (Å²) in [4.78, 5) is 9.49. The van der Waals surface area contributed by atoms with Gasteiger partial charge in [0.25, 0.3) is 0 Å². The van der Waals surface area contributed by atoms with Crippen molar-refractivity contribution in [2.24, 2.45) is 10.9 Å². The number of thiazole rings is 1. The van der Waals surface area contributed by atoms with Crippen LogP contribution < -0.4 is 5.73 Å². The summed E-state index contributed by atoms with van der Waals surface area (Å²) in [6.45, 7) is 2.16. The number of nitrogens with two attached hydrogens (primary N) is 1. The van der Waals surface area contributed by atoms with Crippen molar-refractivity contribution in [3.8, 4) is 6.07 Å². The Balaban J connectivity index is 1.91. The van der Waals surface area contributed by atoms with Crippen molar-refractivity contribution in [1.82, 2.24) is 4.98 Å². The van der Waals surface area contributed by atoms with E-state index in [9.17, 15) is 0 Å². The van der Waals surface area contributed by atoms with Gasteiger partial charge in [-0.05, 0) is 13.0 Å². The van der Waals surface area contributed by atoms with E-state index in [1.54, 1.807) is 17.4 Å². The van der Waals surface area contributed by atoms with Crippen molar-refractivity contribution in [2.75, 3.05) is 0 Å². The van der Waals surface area contributed by atoms with E-state index in [-0.39, 0.29) is 6.61 Å². The molecule has 0 aliphatic carbocycles. The van der Waals surface area contributed by atoms with Crippen LogP contribution in [0.5, 0.6) is 0 Å². The highest BCUT2D eigenvalue weighted by Crippen LogP contribution is 2.10. The third-order valence-electron chi connectivity index (χ3n) is 2.57. The molecule has 0 amide bonds. The zero-order chi connectivity index (χ0) is 14.4. The largest absolute Gasteiger partial charge is 0.389 e. The second-order valence-electron chi connectivity index (χ2n) is 4.16. The maximum atomic E-state index is 8.95. The van der Waals surface area contributed by atoms with Gasteiger partial charge in [0.1, 0.15) is 12.4 Å². The molecule has 5 nitrogen and oxygen atoms in total. The molecule has 0 atom stereocenters. The highest BCUT2D eigenvalue weighted by atomic mass is 32.1. The molecule has 20 heavy (non-hydrogen) atoms. The summed E-state index contributed by atoms with van der Waals surface area (Å²) in [5, 5.41) is 15.7. The van der Waals surface area contributed by atoms with Gasteiger partial charge in [-0.15, -0.1) is 11.3 Å². The monoisotopic (exact) mass is 286 g/mol. The molecule has 6 heteroatoms. The van der Waals surface area contributed by atoms with Gasteiger partial charge < -0.3 is 10.6 Å². The molecule has 102 valence electrons. The number of aromatic nitrogens is 1. The maximum Gasteiger partial charge on any atom is 0.145 e. The zero-order valence-electron chi connectivity index (χ0n) is 11.0. The number of hydrogen-bond donors (Lipinski definition) is 1. The van der Waals surface area contributed by atoms with Gasteiger partial charge in [0.05, 0.1) is 28.8 Å². The number of amidine groups is 1. The first kappa shape index (κ1) is 14.0. The molecule has 0 aliphatic heterocycles. The van der Waals surface area contributed by atoms with Crippen LogP contribution >= 0.6 is 11.3 Å². The Bertz CT molecular complexity index is 657. The summed E-state index contributed by atoms with van der Waals surface area (Å²) in [6, 6.07) is 9.34. The van der Waals surface area contributed by atoms with Gasteiger partial charge in [-0.2, -0.15) is 5.26 Å². The lowest BCUT2D eigenvalue weighted by Gasteiger charge is -2.03. The van der Waals surface area contributed by atoms with E-state index in [0.717, 1.165) is 16.3 Å². The van der Waals surface area contributed by atoms with Crippen LogP contribution in [-0.4, -0.2) is 10.8 Å². The molecular formula is C14H14N4OS. The molecule has 2 aromatic rings. The number of aryl methyl sites for hydroxylation is 1. The second-order valence-corrected chi connectivity index (χ2v) is 5.22. The van der Waals surface area contributed by atoms with Crippen LogP contribution in [0, 0.1) is 18.3 Å². The molecule has 1 heterocycles. The molecule has 0 aliphatic rings. The number of oxime groups is 1. The van der Waals surface area contributed by atoms with E-state index in [1.165, 1.54) is 0 Å². The van der Waals surface area contributed by atoms with E-state index < -0.39 is 0 Å². The van der Waals surface area contributed by atoms with Crippen molar-refractivity contribution in [1.29, 1.82) is 5.26 Å². The lowest BCUT2D eigenvalue weighted by Crippen LogP contribution is -2.15. The third-order valence-corrected chi connectivity index (χ3v) is 3.39. The van der Waals surface area contributed by atoms with Gasteiger partial charge >= 0.3 is 0 Å². The molecule has 0 radical (unpaired) electrons. The number of hydrogen-bond acceptors (Lipinski definition) is 5. The van der Waals surface area contributed by atoms with E-state index in [4.69, 9.17) is 15.8 Å². The molecule has 2 rings (SSSR count). The van der Waals surface area contributed by atoms with E-state index in [1.807, 2.05) is 30.5 Å². The van der Waals surface area contributed by atoms with Gasteiger partial charge in [0.2, 0.25) is 0 Å². The van der Waals surface area contributed by atoms with Crippen LogP contribution in [0.2, 0.25) is 0 Å². The van der Waals surface area contributed by atoms with Gasteiger partial charge in [-0.25, -0.2) is 4.98 Å². The standard InChI is InChI=1S/C14H14N4OS/c1-10-17-13(9-20-10)6-14(16)18-19-8-12-5-3-2-4-11(12)7-15/h2-5,9H,6,8H2,1H3,(H2,16,18). The summed E-state index contributed by atoms with van der Waals surface area (Å²) in [7, 11) is 0. The predicted molar refractivity (Wildman–Crippen MR) is 78.1 cm³/mol. The zero-order valence-corrected chi connectivity index (χ0v) is 11.9. The molecule has 0 spiro atoms. The summed E-state index contributed by atoms with van der Waals surface area (Å²) in [5.41, 5.74) is 8.03. The topological polar surface area (TPSA) is 84.3 Å². The number of benzene rings is 1. The molecule has 1 aromatic heterocycles. The normalized spacial score (nSPS) is 11.1. The number of rotatable bonds is 5. The van der Waals surface area contributed by atoms with Crippen molar-refractivity contribution >= 4 is 17.2 Å². The Hall–Kier alpha value is -2.39. The van der Waals surface area contributed by atoms with Crippen LogP contribution in [0.1, 0.15) is 21.8 Å². The van der Waals surface area contributed by atoms with E-state index in [0.29, 0.717) is 17.8 Å². The van der Waals surface area contributed by atoms with Crippen LogP contribution in [-0.2, 0) is 17.9 Å². The predicted octanol–water partition coefficient (Wildman–Crippen LogP) is 2.35. The Labute approximate surface area is 121 Å². The average Bonchev–Trinajstić information content (AvgIpc) is 2.84. The first-order valence-electron chi connectivity index (χ1n) is 6.02. The first-order valence-corrected chi connectivity index (χ1v) is 6.90. The average molecular weight is 286 g/mol. The van der Waals surface area contributed by atoms with Gasteiger partial charge in [0.15, 0.2) is 0 Å². The Morgan fingerprint density at radius 3 is 3.00 bits per heavy atom. The SMILES string of the molecule is Cc1nc(CC(N)=NOCc2ccccc2C#N)cs1. The minimum Gasteiger partial charge on any atom is -0.389 e. The summed E-state index contributed by atoms with van der Waals surface area (Å²) >= 11 is 1.57. The number of nitriles is 1. The molecule has 0 unspecified atom stereocenters. The van der Waals surface area contributed by atoms with Crippen LogP contribution in [0.4, 0.5) is 0 Å². The van der Waals surface area contributed by atoms with Crippen molar-refractivity contribution in [3.05, 3.63) is 51.5 Å². The minimum absolute atomic E-state index is 0.223. The Morgan fingerprint density at radius 2 is 2.30 bits per heavy atom. The highest BCUT2D eigenvalue weighted by molar-refractivity contribution is 7.09.